The van der Waals surface area contributed by atoms with Gasteiger partial charge in [0, 0.05) is 19.6 Å². The molecule has 1 N–H and O–H groups in total. The second-order valence-electron chi connectivity index (χ2n) is 3.84. The maximum absolute atomic E-state index is 11.5. The first-order valence-corrected chi connectivity index (χ1v) is 4.35. The summed E-state index contributed by atoms with van der Waals surface area (Å²) in [5.74, 6) is -1.29. The summed E-state index contributed by atoms with van der Waals surface area (Å²) >= 11 is 0. The second kappa shape index (κ2) is 5.38. The van der Waals surface area contributed by atoms with Crippen LogP contribution >= 0.6 is 0 Å². The van der Waals surface area contributed by atoms with Gasteiger partial charge in [-0.25, -0.2) is 9.59 Å². The number of aliphatic carboxylic acids is 1. The minimum atomic E-state index is -2.22. The molecule has 0 heterocycles. The normalized spacial score (nSPS) is 14.4. The van der Waals surface area contributed by atoms with Crippen LogP contribution < -0.4 is 0 Å². The van der Waals surface area contributed by atoms with Gasteiger partial charge in [0.15, 0.2) is 0 Å². The number of carbonyl (C=O) groups is 2. The van der Waals surface area contributed by atoms with Crippen molar-refractivity contribution in [3.63, 3.8) is 0 Å². The standard InChI is InChI=1S/C10H17NO4/c1-10(2,3)15-9(14)11(4)7-5-6-8(12)13/h5-6H,7H2,1-4H3,(H,12,13)/b6-5+/i7D2. The van der Waals surface area contributed by atoms with Crippen LogP contribution in [0.1, 0.15) is 23.5 Å². The van der Waals surface area contributed by atoms with Gasteiger partial charge in [0.1, 0.15) is 5.60 Å². The zero-order chi connectivity index (χ0) is 13.9. The van der Waals surface area contributed by atoms with Crippen LogP contribution in [0, 0.1) is 0 Å². The Kier molecular flexibility index (Phi) is 3.59. The quantitative estimate of drug-likeness (QED) is 0.727. The molecule has 0 saturated carbocycles. The minimum absolute atomic E-state index is 0.640. The van der Waals surface area contributed by atoms with E-state index in [0.29, 0.717) is 11.0 Å². The molecule has 0 aliphatic carbocycles. The zero-order valence-corrected chi connectivity index (χ0v) is 9.27. The highest BCUT2D eigenvalue weighted by Gasteiger charge is 2.18. The molecule has 5 nitrogen and oxygen atoms in total. The lowest BCUT2D eigenvalue weighted by Gasteiger charge is -2.23. The Morgan fingerprint density at radius 1 is 1.53 bits per heavy atom. The van der Waals surface area contributed by atoms with Crippen LogP contribution in [0.4, 0.5) is 4.79 Å². The molecule has 0 aliphatic heterocycles. The Labute approximate surface area is 92.1 Å². The molecule has 0 atom stereocenters. The Hall–Kier alpha value is -1.52. The van der Waals surface area contributed by atoms with E-state index in [1.165, 1.54) is 7.05 Å². The first kappa shape index (κ1) is 10.0. The molecular weight excluding hydrogens is 198 g/mol. The van der Waals surface area contributed by atoms with Gasteiger partial charge in [0.2, 0.25) is 0 Å². The topological polar surface area (TPSA) is 66.8 Å². The number of rotatable bonds is 3. The number of hydrogen-bond donors (Lipinski definition) is 1. The highest BCUT2D eigenvalue weighted by molar-refractivity contribution is 5.79. The number of ether oxygens (including phenoxy) is 1. The van der Waals surface area contributed by atoms with Crippen LogP contribution in [-0.4, -0.2) is 41.2 Å². The summed E-state index contributed by atoms with van der Waals surface area (Å²) in [5, 5.41) is 8.40. The third-order valence-electron chi connectivity index (χ3n) is 1.16. The number of carbonyl (C=O) groups excluding carboxylic acids is 1. The van der Waals surface area contributed by atoms with Crippen LogP contribution in [0.15, 0.2) is 12.2 Å². The van der Waals surface area contributed by atoms with Crippen LogP contribution in [0.25, 0.3) is 0 Å². The van der Waals surface area contributed by atoms with Crippen molar-refractivity contribution in [1.82, 2.24) is 4.90 Å². The van der Waals surface area contributed by atoms with Gasteiger partial charge in [-0.3, -0.25) is 0 Å². The van der Waals surface area contributed by atoms with Gasteiger partial charge in [-0.2, -0.15) is 0 Å². The Balaban J connectivity index is 4.73. The van der Waals surface area contributed by atoms with Gasteiger partial charge in [0.05, 0.1) is 2.74 Å². The molecule has 0 bridgehead atoms. The van der Waals surface area contributed by atoms with E-state index in [1.54, 1.807) is 20.8 Å². The van der Waals surface area contributed by atoms with E-state index < -0.39 is 24.2 Å². The number of amides is 1. The number of nitrogens with zero attached hydrogens (tertiary/aromatic N) is 1. The molecule has 0 saturated heterocycles. The Morgan fingerprint density at radius 3 is 2.47 bits per heavy atom. The first-order valence-electron chi connectivity index (χ1n) is 5.35. The highest BCUT2D eigenvalue weighted by Crippen LogP contribution is 2.08. The van der Waals surface area contributed by atoms with E-state index in [9.17, 15) is 9.59 Å². The van der Waals surface area contributed by atoms with Gasteiger partial charge >= 0.3 is 12.1 Å². The Morgan fingerprint density at radius 2 is 2.07 bits per heavy atom. The van der Waals surface area contributed by atoms with Gasteiger partial charge in [-0.1, -0.05) is 6.08 Å². The summed E-state index contributed by atoms with van der Waals surface area (Å²) in [6, 6.07) is 0. The fourth-order valence-corrected chi connectivity index (χ4v) is 0.603. The van der Waals surface area contributed by atoms with Crippen molar-refractivity contribution >= 4 is 12.1 Å². The van der Waals surface area contributed by atoms with Crippen molar-refractivity contribution in [2.24, 2.45) is 0 Å². The zero-order valence-electron chi connectivity index (χ0n) is 11.3. The van der Waals surface area contributed by atoms with Crippen LogP contribution in [-0.2, 0) is 9.53 Å². The molecule has 0 fully saturated rings. The van der Waals surface area contributed by atoms with Crippen LogP contribution in [0.5, 0.6) is 0 Å². The number of hydrogen-bond acceptors (Lipinski definition) is 3. The third kappa shape index (κ3) is 7.54. The van der Waals surface area contributed by atoms with Crippen molar-refractivity contribution in [1.29, 1.82) is 0 Å². The molecule has 0 aromatic rings. The predicted molar refractivity (Wildman–Crippen MR) is 55.6 cm³/mol. The molecule has 15 heavy (non-hydrogen) atoms. The minimum Gasteiger partial charge on any atom is -0.478 e. The van der Waals surface area contributed by atoms with Gasteiger partial charge < -0.3 is 14.7 Å². The molecule has 1 amide bonds. The average Bonchev–Trinajstić information content (AvgIpc) is 2.11. The summed E-state index contributed by atoms with van der Waals surface area (Å²) in [5.41, 5.74) is -0.738. The van der Waals surface area contributed by atoms with Crippen molar-refractivity contribution < 1.29 is 22.2 Å². The average molecular weight is 217 g/mol. The lowest BCUT2D eigenvalue weighted by molar-refractivity contribution is -0.131. The van der Waals surface area contributed by atoms with E-state index in [4.69, 9.17) is 12.6 Å². The third-order valence-corrected chi connectivity index (χ3v) is 1.16. The van der Waals surface area contributed by atoms with Gasteiger partial charge in [-0.15, -0.1) is 0 Å². The van der Waals surface area contributed by atoms with Crippen molar-refractivity contribution in [2.45, 2.75) is 26.4 Å². The smallest absolute Gasteiger partial charge is 0.410 e. The predicted octanol–water partition coefficient (Wildman–Crippen LogP) is 1.49. The Bertz CT molecular complexity index is 334. The van der Waals surface area contributed by atoms with Crippen LogP contribution in [0.2, 0.25) is 0 Å². The lowest BCUT2D eigenvalue weighted by atomic mass is 10.2. The second-order valence-corrected chi connectivity index (χ2v) is 3.84. The number of carboxylic acid groups (broad SMARTS) is 1. The number of carboxylic acids is 1. The first-order chi connectivity index (χ1) is 7.46. The summed E-state index contributed by atoms with van der Waals surface area (Å²) < 4.78 is 20.0. The maximum Gasteiger partial charge on any atom is 0.410 e. The number of likely N-dealkylation sites (N-methyl/N-ethyl adjacent to an activating group) is 1. The lowest BCUT2D eigenvalue weighted by Crippen LogP contribution is -2.34. The molecule has 0 spiro atoms. The molecule has 0 radical (unpaired) electrons. The highest BCUT2D eigenvalue weighted by atomic mass is 16.6. The summed E-state index contributed by atoms with van der Waals surface area (Å²) in [7, 11) is 1.19. The molecule has 86 valence electrons. The van der Waals surface area contributed by atoms with Crippen molar-refractivity contribution in [2.75, 3.05) is 13.5 Å². The molecular formula is C10H17NO4. The van der Waals surface area contributed by atoms with Gasteiger partial charge in [-0.05, 0) is 20.8 Å². The SMILES string of the molecule is [2H]C([2H])(/C=C/C(=O)O)N(C)C(=O)OC(C)(C)C. The summed E-state index contributed by atoms with van der Waals surface area (Å²) in [6.45, 7) is 2.74. The fourth-order valence-electron chi connectivity index (χ4n) is 0.603. The summed E-state index contributed by atoms with van der Waals surface area (Å²) in [6.07, 6.45) is 0.553. The van der Waals surface area contributed by atoms with E-state index in [1.807, 2.05) is 0 Å². The molecule has 0 unspecified atom stereocenters. The van der Waals surface area contributed by atoms with E-state index in [2.05, 4.69) is 0 Å². The molecule has 0 aliphatic rings. The van der Waals surface area contributed by atoms with Crippen molar-refractivity contribution in [3.8, 4) is 0 Å². The monoisotopic (exact) mass is 217 g/mol. The van der Waals surface area contributed by atoms with E-state index in [0.717, 1.165) is 6.08 Å². The molecule has 0 aromatic carbocycles. The summed E-state index contributed by atoms with van der Waals surface area (Å²) in [4.78, 5) is 22.5. The largest absolute Gasteiger partial charge is 0.478 e. The van der Waals surface area contributed by atoms with E-state index >= 15 is 0 Å². The fraction of sp³-hybridized carbons (Fsp3) is 0.600. The van der Waals surface area contributed by atoms with Crippen LogP contribution in [0.3, 0.4) is 0 Å². The van der Waals surface area contributed by atoms with Crippen molar-refractivity contribution in [3.05, 3.63) is 12.2 Å². The van der Waals surface area contributed by atoms with E-state index in [-0.39, 0.29) is 0 Å². The van der Waals surface area contributed by atoms with Gasteiger partial charge in [0.25, 0.3) is 0 Å². The maximum atomic E-state index is 11.5. The molecule has 0 aromatic heterocycles. The molecule has 5 heteroatoms. The molecule has 0 rings (SSSR count).